The van der Waals surface area contributed by atoms with E-state index in [2.05, 4.69) is 38.3 Å². The molecule has 4 heterocycles. The molecule has 0 aliphatic carbocycles. The third-order valence-electron chi connectivity index (χ3n) is 5.53. The molecule has 31 heavy (non-hydrogen) atoms. The van der Waals surface area contributed by atoms with Crippen molar-refractivity contribution in [1.29, 1.82) is 0 Å². The number of pyridine rings is 1. The summed E-state index contributed by atoms with van der Waals surface area (Å²) in [6, 6.07) is 4.15. The van der Waals surface area contributed by atoms with Crippen molar-refractivity contribution < 1.29 is 0 Å². The summed E-state index contributed by atoms with van der Waals surface area (Å²) in [4.78, 5) is 11.6. The smallest absolute Gasteiger partial charge is 0.136 e. The average molecular weight is 417 g/mol. The lowest BCUT2D eigenvalue weighted by molar-refractivity contribution is 0.503. The van der Waals surface area contributed by atoms with Crippen LogP contribution >= 0.6 is 0 Å². The second kappa shape index (κ2) is 8.69. The summed E-state index contributed by atoms with van der Waals surface area (Å²) in [6.45, 7) is 9.78. The number of hydrogen-bond donors (Lipinski definition) is 2. The van der Waals surface area contributed by atoms with Crippen LogP contribution in [-0.4, -0.2) is 56.9 Å². The van der Waals surface area contributed by atoms with Gasteiger partial charge in [-0.3, -0.25) is 14.8 Å². The van der Waals surface area contributed by atoms with Gasteiger partial charge in [0, 0.05) is 55.8 Å². The normalized spacial score (nSPS) is 17.9. The highest BCUT2D eigenvalue weighted by atomic mass is 15.2. The van der Waals surface area contributed by atoms with Gasteiger partial charge in [0.1, 0.15) is 11.5 Å². The first-order valence-corrected chi connectivity index (χ1v) is 10.4. The van der Waals surface area contributed by atoms with E-state index in [1.165, 1.54) is 0 Å². The lowest BCUT2D eigenvalue weighted by atomic mass is 10.1. The fraction of sp³-hybridized carbons (Fsp3) is 0.304. The number of nitrogens with one attached hydrogen (secondary N) is 1. The number of anilines is 1. The van der Waals surface area contributed by atoms with Crippen molar-refractivity contribution in [2.24, 2.45) is 17.8 Å². The van der Waals surface area contributed by atoms with E-state index in [1.807, 2.05) is 37.5 Å². The van der Waals surface area contributed by atoms with E-state index in [-0.39, 0.29) is 6.04 Å². The number of aryl methyl sites for hydroxylation is 1. The standard InChI is InChI=1S/C23H28N8/c1-5-16-8-9-20(27-23(16)31-10-6-7-18(24)14-31)22-19(15(2)28-29-22)11-21(25-3)17-12-26-30(4)13-17/h5,8-9,11-13,18,28H,1-2,6-7,10,14,24H2,3-4H3/b19-11+,25-21+/t18-/m0/s1. The number of nitrogens with zero attached hydrogens (tertiary/aromatic N) is 6. The maximum atomic E-state index is 6.21. The van der Waals surface area contributed by atoms with Gasteiger partial charge in [0.25, 0.3) is 0 Å². The van der Waals surface area contributed by atoms with E-state index in [4.69, 9.17) is 10.7 Å². The molecule has 4 rings (SSSR count). The Labute approximate surface area is 181 Å². The Kier molecular flexibility index (Phi) is 5.81. The van der Waals surface area contributed by atoms with Crippen LogP contribution in [0.5, 0.6) is 0 Å². The Morgan fingerprint density at radius 2 is 2.23 bits per heavy atom. The van der Waals surface area contributed by atoms with Gasteiger partial charge in [-0.05, 0) is 31.1 Å². The molecule has 0 bridgehead atoms. The van der Waals surface area contributed by atoms with Crippen molar-refractivity contribution >= 4 is 30.3 Å². The molecule has 0 radical (unpaired) electrons. The molecule has 8 nitrogen and oxygen atoms in total. The molecular weight excluding hydrogens is 388 g/mol. The molecule has 8 heteroatoms. The molecule has 1 aliphatic heterocycles. The zero-order chi connectivity index (χ0) is 22.0. The molecule has 3 N–H and O–H groups in total. The maximum Gasteiger partial charge on any atom is 0.136 e. The first kappa shape index (κ1) is 20.7. The van der Waals surface area contributed by atoms with Crippen molar-refractivity contribution in [2.75, 3.05) is 25.0 Å². The van der Waals surface area contributed by atoms with Crippen molar-refractivity contribution in [3.8, 4) is 11.4 Å². The molecule has 1 fully saturated rings. The molecular formula is C23H28N8. The van der Waals surface area contributed by atoms with Gasteiger partial charge < -0.3 is 10.6 Å². The van der Waals surface area contributed by atoms with Gasteiger partial charge in [0.05, 0.1) is 23.0 Å². The van der Waals surface area contributed by atoms with Crippen LogP contribution in [0.3, 0.4) is 0 Å². The number of aromatic nitrogens is 5. The fourth-order valence-electron chi connectivity index (χ4n) is 3.91. The number of hydrogen-bond acceptors (Lipinski definition) is 6. The first-order chi connectivity index (χ1) is 15.0. The van der Waals surface area contributed by atoms with Crippen LogP contribution in [0.1, 0.15) is 24.0 Å². The summed E-state index contributed by atoms with van der Waals surface area (Å²) < 4.78 is 1.75. The van der Waals surface area contributed by atoms with Crippen LogP contribution in [-0.2, 0) is 7.05 Å². The predicted molar refractivity (Wildman–Crippen MR) is 126 cm³/mol. The molecule has 0 aromatic carbocycles. The minimum atomic E-state index is 0.153. The molecule has 0 amide bonds. The molecule has 1 atom stereocenters. The van der Waals surface area contributed by atoms with Crippen LogP contribution in [0.2, 0.25) is 0 Å². The maximum absolute atomic E-state index is 6.21. The Morgan fingerprint density at radius 3 is 2.90 bits per heavy atom. The summed E-state index contributed by atoms with van der Waals surface area (Å²) in [5.41, 5.74) is 10.4. The number of aromatic amines is 1. The van der Waals surface area contributed by atoms with Gasteiger partial charge in [-0.25, -0.2) is 4.98 Å². The second-order valence-electron chi connectivity index (χ2n) is 7.78. The fourth-order valence-corrected chi connectivity index (χ4v) is 3.91. The van der Waals surface area contributed by atoms with Gasteiger partial charge in [-0.15, -0.1) is 0 Å². The third kappa shape index (κ3) is 4.20. The predicted octanol–water partition coefficient (Wildman–Crippen LogP) is 1.09. The van der Waals surface area contributed by atoms with Crippen LogP contribution in [0.4, 0.5) is 5.82 Å². The Bertz CT molecular complexity index is 1230. The molecule has 0 unspecified atom stereocenters. The van der Waals surface area contributed by atoms with Crippen LogP contribution < -0.4 is 21.2 Å². The summed E-state index contributed by atoms with van der Waals surface area (Å²) >= 11 is 0. The first-order valence-electron chi connectivity index (χ1n) is 10.4. The van der Waals surface area contributed by atoms with E-state index in [0.29, 0.717) is 5.35 Å². The minimum Gasteiger partial charge on any atom is -0.355 e. The lowest BCUT2D eigenvalue weighted by Crippen LogP contribution is -2.43. The highest BCUT2D eigenvalue weighted by molar-refractivity contribution is 6.20. The monoisotopic (exact) mass is 416 g/mol. The molecule has 1 saturated heterocycles. The summed E-state index contributed by atoms with van der Waals surface area (Å²) in [5.74, 6) is 0.888. The third-order valence-corrected chi connectivity index (χ3v) is 5.53. The molecule has 3 aromatic rings. The molecule has 0 spiro atoms. The number of H-pyrrole nitrogens is 1. The zero-order valence-electron chi connectivity index (χ0n) is 18.0. The second-order valence-corrected chi connectivity index (χ2v) is 7.78. The van der Waals surface area contributed by atoms with Crippen molar-refractivity contribution in [3.05, 3.63) is 52.8 Å². The minimum absolute atomic E-state index is 0.153. The van der Waals surface area contributed by atoms with Gasteiger partial charge in [-0.1, -0.05) is 19.2 Å². The average Bonchev–Trinajstić information content (AvgIpc) is 3.37. The molecule has 160 valence electrons. The quantitative estimate of drug-likeness (QED) is 0.606. The van der Waals surface area contributed by atoms with Crippen molar-refractivity contribution in [3.63, 3.8) is 0 Å². The highest BCUT2D eigenvalue weighted by Gasteiger charge is 2.21. The lowest BCUT2D eigenvalue weighted by Gasteiger charge is -2.32. The van der Waals surface area contributed by atoms with Gasteiger partial charge in [-0.2, -0.15) is 10.2 Å². The molecule has 3 aromatic heterocycles. The number of nitrogens with two attached hydrogens (primary N) is 1. The topological polar surface area (TPSA) is 101 Å². The highest BCUT2D eigenvalue weighted by Crippen LogP contribution is 2.25. The van der Waals surface area contributed by atoms with Gasteiger partial charge in [0.15, 0.2) is 0 Å². The van der Waals surface area contributed by atoms with Crippen LogP contribution in [0, 0.1) is 0 Å². The Balaban J connectivity index is 1.80. The van der Waals surface area contributed by atoms with Crippen LogP contribution in [0.15, 0.2) is 36.1 Å². The summed E-state index contributed by atoms with van der Waals surface area (Å²) in [5, 5.41) is 13.3. The largest absolute Gasteiger partial charge is 0.355 e. The SMILES string of the molecule is C=Cc1ccc(-c2n[nH]c(=C)/c2=C\C(=N/C)c2cnn(C)c2)nc1N1CCC[C@H](N)C1. The number of rotatable bonds is 5. The van der Waals surface area contributed by atoms with E-state index >= 15 is 0 Å². The van der Waals surface area contributed by atoms with E-state index in [0.717, 1.165) is 65.2 Å². The van der Waals surface area contributed by atoms with E-state index in [9.17, 15) is 0 Å². The van der Waals surface area contributed by atoms with Gasteiger partial charge in [0.2, 0.25) is 0 Å². The number of piperidine rings is 1. The van der Waals surface area contributed by atoms with Crippen molar-refractivity contribution in [2.45, 2.75) is 18.9 Å². The van der Waals surface area contributed by atoms with Crippen molar-refractivity contribution in [1.82, 2.24) is 25.0 Å². The van der Waals surface area contributed by atoms with E-state index in [1.54, 1.807) is 17.9 Å². The van der Waals surface area contributed by atoms with E-state index < -0.39 is 0 Å². The summed E-state index contributed by atoms with van der Waals surface area (Å²) in [6.07, 6.45) is 9.61. The zero-order valence-corrected chi connectivity index (χ0v) is 18.0. The Hall–Kier alpha value is -3.52. The Morgan fingerprint density at radius 1 is 1.39 bits per heavy atom. The molecule has 0 saturated carbocycles. The van der Waals surface area contributed by atoms with Gasteiger partial charge >= 0.3 is 0 Å². The van der Waals surface area contributed by atoms with Crippen LogP contribution in [0.25, 0.3) is 30.1 Å². The summed E-state index contributed by atoms with van der Waals surface area (Å²) in [7, 11) is 3.64. The molecule has 1 aliphatic rings. The number of aliphatic imine (C=N–C) groups is 1.